The highest BCUT2D eigenvalue weighted by molar-refractivity contribution is 5.59. The van der Waals surface area contributed by atoms with E-state index in [9.17, 15) is 10.2 Å². The summed E-state index contributed by atoms with van der Waals surface area (Å²) in [6.07, 6.45) is 1.85. The fourth-order valence-electron chi connectivity index (χ4n) is 9.59. The largest absolute Gasteiger partial charge is 0.507 e. The van der Waals surface area contributed by atoms with Crippen LogP contribution in [0.1, 0.15) is 187 Å². The van der Waals surface area contributed by atoms with E-state index in [2.05, 4.69) is 205 Å². The van der Waals surface area contributed by atoms with Gasteiger partial charge in [-0.25, -0.2) is 0 Å². The Morgan fingerprint density at radius 1 is 0.400 bits per heavy atom. The van der Waals surface area contributed by atoms with Gasteiger partial charge in [0.25, 0.3) is 0 Å². The number of phenolic OH excluding ortho intramolecular Hbond substituents is 2. The molecular weight excluding hydrogens is 861 g/mol. The molecule has 6 nitrogen and oxygen atoms in total. The van der Waals surface area contributed by atoms with Crippen LogP contribution in [0.5, 0.6) is 23.0 Å². The van der Waals surface area contributed by atoms with E-state index < -0.39 is 0 Å². The quantitative estimate of drug-likeness (QED) is 0.0914. The van der Waals surface area contributed by atoms with Crippen molar-refractivity contribution in [2.24, 2.45) is 0 Å². The third kappa shape index (κ3) is 12.7. The van der Waals surface area contributed by atoms with E-state index in [1.54, 1.807) is 0 Å². The minimum atomic E-state index is -0.194. The van der Waals surface area contributed by atoms with Crippen LogP contribution in [-0.2, 0) is 47.3 Å². The first-order valence-electron chi connectivity index (χ1n) is 25.7. The zero-order valence-electron chi connectivity index (χ0n) is 44.9. The van der Waals surface area contributed by atoms with Crippen LogP contribution in [0.2, 0.25) is 0 Å². The number of aromatic hydroxyl groups is 2. The first kappa shape index (κ1) is 52.3. The number of nitrogens with one attached hydrogen (secondary N) is 2. The fourth-order valence-corrected chi connectivity index (χ4v) is 9.59. The maximum Gasteiger partial charge on any atom is 0.126 e. The predicted molar refractivity (Wildman–Crippen MR) is 292 cm³/mol. The standard InChI is InChI=1S/C64H82N2O4/c1-41(43-21-17-15-18-22-43)65-25-27-69-59-49-29-45-33-53(61(3,4)5)35-47(57(45)67)31-51-39-56(64(12,13)14)40-52(60(51)70-28-26-66-42(2)44-23-19-16-20-24-44)32-48-36-54(62(6,7)8)34-46(58(48)68)30-50(59)38-55(37-49)63(9,10)11/h15-24,33-42,65-68H,25-32H2,1-14H3/t41-,42-/m0/s1. The van der Waals surface area contributed by atoms with E-state index in [4.69, 9.17) is 9.47 Å². The van der Waals surface area contributed by atoms with E-state index in [0.717, 1.165) is 67.1 Å². The van der Waals surface area contributed by atoms with E-state index in [-0.39, 0.29) is 33.7 Å². The molecule has 0 saturated carbocycles. The summed E-state index contributed by atoms with van der Waals surface area (Å²) in [6.45, 7) is 33.5. The lowest BCUT2D eigenvalue weighted by molar-refractivity contribution is 0.302. The molecule has 6 heteroatoms. The van der Waals surface area contributed by atoms with Crippen molar-refractivity contribution in [3.8, 4) is 23.0 Å². The van der Waals surface area contributed by atoms with Gasteiger partial charge in [0.15, 0.2) is 0 Å². The van der Waals surface area contributed by atoms with Crippen LogP contribution in [0, 0.1) is 0 Å². The molecule has 0 saturated heterocycles. The predicted octanol–water partition coefficient (Wildman–Crippen LogP) is 14.4. The van der Waals surface area contributed by atoms with Gasteiger partial charge in [0, 0.05) is 50.9 Å². The highest BCUT2D eigenvalue weighted by Crippen LogP contribution is 2.44. The lowest BCUT2D eigenvalue weighted by Gasteiger charge is -2.28. The summed E-state index contributed by atoms with van der Waals surface area (Å²) < 4.78 is 14.0. The van der Waals surface area contributed by atoms with Crippen molar-refractivity contribution < 1.29 is 19.7 Å². The lowest BCUT2D eigenvalue weighted by atomic mass is 9.79. The molecule has 8 bridgehead atoms. The van der Waals surface area contributed by atoms with Gasteiger partial charge in [-0.3, -0.25) is 0 Å². The zero-order chi connectivity index (χ0) is 50.8. The number of ether oxygens (including phenoxy) is 2. The Kier molecular flexibility index (Phi) is 15.7. The van der Waals surface area contributed by atoms with E-state index >= 15 is 0 Å². The summed E-state index contributed by atoms with van der Waals surface area (Å²) in [5.41, 5.74) is 13.9. The van der Waals surface area contributed by atoms with Gasteiger partial charge in [-0.2, -0.15) is 0 Å². The monoisotopic (exact) mass is 943 g/mol. The first-order valence-corrected chi connectivity index (χ1v) is 25.7. The highest BCUT2D eigenvalue weighted by atomic mass is 16.5. The first-order chi connectivity index (χ1) is 32.9. The number of fused-ring (bicyclic) bond motifs is 8. The molecule has 6 aromatic carbocycles. The van der Waals surface area contributed by atoms with E-state index in [1.165, 1.54) is 22.3 Å². The SMILES string of the molecule is C[C@H](NCCOc1c2cc(C(C)(C)C)cc1Cc1cc(C(C)(C)C)cc(c1O)Cc1cc(C(C)(C)C)cc(c1OCCN[C@@H](C)c1ccccc1)Cc1cc(C(C)(C)C)cc(c1O)C2)c1ccccc1. The van der Waals surface area contributed by atoms with Gasteiger partial charge < -0.3 is 30.3 Å². The normalized spacial score (nSPS) is 14.3. The summed E-state index contributed by atoms with van der Waals surface area (Å²) in [5, 5.41) is 32.8. The molecule has 0 aliphatic heterocycles. The van der Waals surface area contributed by atoms with Crippen LogP contribution in [0.4, 0.5) is 0 Å². The molecular formula is C64H82N2O4. The molecule has 4 N–H and O–H groups in total. The molecule has 0 heterocycles. The lowest BCUT2D eigenvalue weighted by Crippen LogP contribution is -2.25. The molecule has 0 unspecified atom stereocenters. The molecule has 1 aliphatic rings. The Morgan fingerprint density at radius 2 is 0.643 bits per heavy atom. The van der Waals surface area contributed by atoms with Crippen molar-refractivity contribution in [2.45, 2.75) is 156 Å². The Bertz CT molecular complexity index is 2460. The van der Waals surface area contributed by atoms with Crippen LogP contribution in [-0.4, -0.2) is 36.5 Å². The van der Waals surface area contributed by atoms with Gasteiger partial charge in [0.05, 0.1) is 0 Å². The summed E-state index contributed by atoms with van der Waals surface area (Å²) in [5.74, 6) is 2.22. The summed E-state index contributed by atoms with van der Waals surface area (Å²) >= 11 is 0. The minimum absolute atomic E-state index is 0.154. The second-order valence-electron chi connectivity index (χ2n) is 24.1. The van der Waals surface area contributed by atoms with Crippen LogP contribution >= 0.6 is 0 Å². The van der Waals surface area contributed by atoms with E-state index in [0.29, 0.717) is 63.5 Å². The number of rotatable bonds is 12. The van der Waals surface area contributed by atoms with E-state index in [1.807, 2.05) is 12.1 Å². The third-order valence-corrected chi connectivity index (χ3v) is 14.2. The molecule has 70 heavy (non-hydrogen) atoms. The van der Waals surface area contributed by atoms with Crippen molar-refractivity contribution in [3.63, 3.8) is 0 Å². The summed E-state index contributed by atoms with van der Waals surface area (Å²) in [6, 6.07) is 39.3. The molecule has 1 aliphatic carbocycles. The van der Waals surface area contributed by atoms with Gasteiger partial charge >= 0.3 is 0 Å². The van der Waals surface area contributed by atoms with Crippen molar-refractivity contribution in [1.82, 2.24) is 10.6 Å². The molecule has 6 aromatic rings. The Balaban J connectivity index is 1.43. The second kappa shape index (κ2) is 21.0. The van der Waals surface area contributed by atoms with Crippen LogP contribution in [0.3, 0.4) is 0 Å². The van der Waals surface area contributed by atoms with Crippen LogP contribution in [0.15, 0.2) is 109 Å². The van der Waals surface area contributed by atoms with Gasteiger partial charge in [0.1, 0.15) is 36.2 Å². The minimum Gasteiger partial charge on any atom is -0.507 e. The maximum atomic E-state index is 12.7. The third-order valence-electron chi connectivity index (χ3n) is 14.2. The summed E-state index contributed by atoms with van der Waals surface area (Å²) in [4.78, 5) is 0. The van der Waals surface area contributed by atoms with Gasteiger partial charge in [-0.05, 0) is 113 Å². The van der Waals surface area contributed by atoms with Crippen LogP contribution in [0.25, 0.3) is 0 Å². The van der Waals surface area contributed by atoms with Crippen molar-refractivity contribution in [3.05, 3.63) is 187 Å². The van der Waals surface area contributed by atoms with Gasteiger partial charge in [0.2, 0.25) is 0 Å². The smallest absolute Gasteiger partial charge is 0.126 e. The number of phenols is 2. The maximum absolute atomic E-state index is 12.7. The number of hydrogen-bond acceptors (Lipinski definition) is 6. The van der Waals surface area contributed by atoms with Crippen molar-refractivity contribution >= 4 is 0 Å². The Hall–Kier alpha value is -5.56. The summed E-state index contributed by atoms with van der Waals surface area (Å²) in [7, 11) is 0. The Labute approximate surface area is 421 Å². The average Bonchev–Trinajstić information content (AvgIpc) is 3.28. The molecule has 372 valence electrons. The molecule has 0 spiro atoms. The van der Waals surface area contributed by atoms with Crippen molar-refractivity contribution in [1.29, 1.82) is 0 Å². The molecule has 2 atom stereocenters. The van der Waals surface area contributed by atoms with Gasteiger partial charge in [-0.1, -0.05) is 192 Å². The molecule has 0 radical (unpaired) electrons. The molecule has 0 fully saturated rings. The topological polar surface area (TPSA) is 83.0 Å². The highest BCUT2D eigenvalue weighted by Gasteiger charge is 2.29. The van der Waals surface area contributed by atoms with Crippen LogP contribution < -0.4 is 20.1 Å². The second-order valence-corrected chi connectivity index (χ2v) is 24.1. The zero-order valence-corrected chi connectivity index (χ0v) is 44.9. The van der Waals surface area contributed by atoms with Crippen molar-refractivity contribution in [2.75, 3.05) is 26.3 Å². The molecule has 0 aromatic heterocycles. The number of benzene rings is 6. The fraction of sp³-hybridized carbons (Fsp3) is 0.438. The molecule has 7 rings (SSSR count). The number of hydrogen-bond donors (Lipinski definition) is 4. The van der Waals surface area contributed by atoms with Gasteiger partial charge in [-0.15, -0.1) is 0 Å². The molecule has 0 amide bonds. The Morgan fingerprint density at radius 3 is 0.886 bits per heavy atom. The average molecular weight is 943 g/mol.